The lowest BCUT2D eigenvalue weighted by molar-refractivity contribution is 0.0965. The van der Waals surface area contributed by atoms with Crippen LogP contribution in [0, 0.1) is 20.8 Å². The fourth-order valence-corrected chi connectivity index (χ4v) is 2.01. The molecule has 0 amide bonds. The average Bonchev–Trinajstić information content (AvgIpc) is 2.33. The third kappa shape index (κ3) is 2.96. The molecule has 19 heavy (non-hydrogen) atoms. The van der Waals surface area contributed by atoms with Gasteiger partial charge in [-0.15, -0.1) is 0 Å². The van der Waals surface area contributed by atoms with Crippen LogP contribution in [-0.4, -0.2) is 15.6 Å². The molecule has 4 heteroatoms. The molecule has 98 valence electrons. The van der Waals surface area contributed by atoms with Crippen LogP contribution in [0.2, 0.25) is 0 Å². The molecule has 0 spiro atoms. The maximum Gasteiger partial charge on any atom is 0.267 e. The van der Waals surface area contributed by atoms with E-state index in [0.29, 0.717) is 11.3 Å². The summed E-state index contributed by atoms with van der Waals surface area (Å²) in [5.74, 6) is -0.0994. The van der Waals surface area contributed by atoms with E-state index in [1.54, 1.807) is 19.1 Å². The smallest absolute Gasteiger partial charge is 0.267 e. The Balaban J connectivity index is 2.31. The number of carbonyl (C=O) groups is 1. The first kappa shape index (κ1) is 13.2. The Labute approximate surface area is 111 Å². The Morgan fingerprint density at radius 2 is 1.89 bits per heavy atom. The minimum atomic E-state index is -0.260. The number of aryl methyl sites for hydroxylation is 3. The summed E-state index contributed by atoms with van der Waals surface area (Å²) in [6.07, 6.45) is 0. The fourth-order valence-electron chi connectivity index (χ4n) is 2.01. The van der Waals surface area contributed by atoms with Crippen molar-refractivity contribution in [2.75, 3.05) is 0 Å². The van der Waals surface area contributed by atoms with Crippen molar-refractivity contribution in [2.45, 2.75) is 27.3 Å². The highest BCUT2D eigenvalue weighted by Gasteiger charge is 2.11. The van der Waals surface area contributed by atoms with Crippen molar-refractivity contribution in [2.24, 2.45) is 0 Å². The second-order valence-electron chi connectivity index (χ2n) is 4.71. The predicted octanol–water partition coefficient (Wildman–Crippen LogP) is 2.05. The van der Waals surface area contributed by atoms with Crippen LogP contribution in [0.3, 0.4) is 0 Å². The average molecular weight is 256 g/mol. The second-order valence-corrected chi connectivity index (χ2v) is 4.71. The van der Waals surface area contributed by atoms with Gasteiger partial charge in [0.2, 0.25) is 0 Å². The Bertz CT molecular complexity index is 687. The lowest BCUT2D eigenvalue weighted by atomic mass is 10.0. The molecule has 0 aliphatic rings. The number of rotatable bonds is 3. The molecule has 0 aliphatic carbocycles. The molecule has 0 bridgehead atoms. The van der Waals surface area contributed by atoms with E-state index in [2.05, 4.69) is 5.10 Å². The van der Waals surface area contributed by atoms with E-state index < -0.39 is 0 Å². The first-order valence-corrected chi connectivity index (χ1v) is 6.12. The van der Waals surface area contributed by atoms with Crippen LogP contribution in [-0.2, 0) is 6.54 Å². The molecule has 0 fully saturated rings. The highest BCUT2D eigenvalue weighted by molar-refractivity contribution is 5.97. The SMILES string of the molecule is Cc1ccc(C(=O)Cn2nc(C)ccc2=O)c(C)c1. The Hall–Kier alpha value is -2.23. The maximum absolute atomic E-state index is 12.2. The van der Waals surface area contributed by atoms with E-state index >= 15 is 0 Å². The lowest BCUT2D eigenvalue weighted by Crippen LogP contribution is -2.26. The molecule has 1 aromatic carbocycles. The number of nitrogens with zero attached hydrogens (tertiary/aromatic N) is 2. The van der Waals surface area contributed by atoms with Crippen LogP contribution in [0.1, 0.15) is 27.2 Å². The predicted molar refractivity (Wildman–Crippen MR) is 73.5 cm³/mol. The van der Waals surface area contributed by atoms with E-state index in [-0.39, 0.29) is 17.9 Å². The number of Topliss-reactive ketones (excluding diaryl/α,β-unsaturated/α-hetero) is 1. The number of benzene rings is 1. The van der Waals surface area contributed by atoms with Gasteiger partial charge in [-0.3, -0.25) is 9.59 Å². The summed E-state index contributed by atoms with van der Waals surface area (Å²) in [5.41, 5.74) is 3.13. The minimum Gasteiger partial charge on any atom is -0.292 e. The molecule has 0 saturated carbocycles. The zero-order valence-electron chi connectivity index (χ0n) is 11.3. The van der Waals surface area contributed by atoms with Crippen molar-refractivity contribution in [1.29, 1.82) is 0 Å². The monoisotopic (exact) mass is 256 g/mol. The summed E-state index contributed by atoms with van der Waals surface area (Å²) in [6, 6.07) is 8.72. The summed E-state index contributed by atoms with van der Waals surface area (Å²) < 4.78 is 1.21. The molecule has 0 radical (unpaired) electrons. The number of hydrogen-bond donors (Lipinski definition) is 0. The van der Waals surface area contributed by atoms with Gasteiger partial charge in [0.15, 0.2) is 5.78 Å². The summed E-state index contributed by atoms with van der Waals surface area (Å²) >= 11 is 0. The molecule has 0 aliphatic heterocycles. The molecule has 2 rings (SSSR count). The van der Waals surface area contributed by atoms with Crippen LogP contribution in [0.4, 0.5) is 0 Å². The first-order valence-electron chi connectivity index (χ1n) is 6.12. The summed E-state index contributed by atoms with van der Waals surface area (Å²) in [7, 11) is 0. The number of carbonyl (C=O) groups excluding carboxylic acids is 1. The molecule has 2 aromatic rings. The van der Waals surface area contributed by atoms with Crippen LogP contribution in [0.5, 0.6) is 0 Å². The first-order chi connectivity index (χ1) is 8.97. The van der Waals surface area contributed by atoms with E-state index in [9.17, 15) is 9.59 Å². The highest BCUT2D eigenvalue weighted by Crippen LogP contribution is 2.11. The highest BCUT2D eigenvalue weighted by atomic mass is 16.1. The van der Waals surface area contributed by atoms with Crippen molar-refractivity contribution in [3.05, 3.63) is 63.1 Å². The van der Waals surface area contributed by atoms with Gasteiger partial charge in [0, 0.05) is 11.6 Å². The van der Waals surface area contributed by atoms with Gasteiger partial charge in [-0.05, 0) is 32.4 Å². The van der Waals surface area contributed by atoms with E-state index in [1.807, 2.05) is 26.0 Å². The largest absolute Gasteiger partial charge is 0.292 e. The van der Waals surface area contributed by atoms with Crippen molar-refractivity contribution < 1.29 is 4.79 Å². The molecular formula is C15H16N2O2. The molecular weight excluding hydrogens is 240 g/mol. The molecule has 0 saturated heterocycles. The number of aromatic nitrogens is 2. The Kier molecular flexibility index (Phi) is 3.60. The quantitative estimate of drug-likeness (QED) is 0.790. The minimum absolute atomic E-state index is 0.0234. The van der Waals surface area contributed by atoms with E-state index in [0.717, 1.165) is 11.1 Å². The van der Waals surface area contributed by atoms with Crippen LogP contribution in [0.15, 0.2) is 35.1 Å². The molecule has 0 atom stereocenters. The topological polar surface area (TPSA) is 52.0 Å². The summed E-state index contributed by atoms with van der Waals surface area (Å²) in [5, 5.41) is 4.07. The van der Waals surface area contributed by atoms with Crippen LogP contribution < -0.4 is 5.56 Å². The zero-order chi connectivity index (χ0) is 14.0. The van der Waals surface area contributed by atoms with Crippen LogP contribution in [0.25, 0.3) is 0 Å². The molecule has 0 N–H and O–H groups in total. The van der Waals surface area contributed by atoms with Gasteiger partial charge in [0.25, 0.3) is 5.56 Å². The zero-order valence-corrected chi connectivity index (χ0v) is 11.3. The van der Waals surface area contributed by atoms with Crippen LogP contribution >= 0.6 is 0 Å². The third-order valence-electron chi connectivity index (χ3n) is 2.98. The van der Waals surface area contributed by atoms with Gasteiger partial charge in [-0.2, -0.15) is 5.10 Å². The van der Waals surface area contributed by atoms with Crippen molar-refractivity contribution >= 4 is 5.78 Å². The van der Waals surface area contributed by atoms with Gasteiger partial charge < -0.3 is 0 Å². The summed E-state index contributed by atoms with van der Waals surface area (Å²) in [4.78, 5) is 23.8. The van der Waals surface area contributed by atoms with Gasteiger partial charge in [-0.25, -0.2) is 4.68 Å². The Morgan fingerprint density at radius 1 is 1.16 bits per heavy atom. The lowest BCUT2D eigenvalue weighted by Gasteiger charge is -2.07. The normalized spacial score (nSPS) is 10.5. The fraction of sp³-hybridized carbons (Fsp3) is 0.267. The van der Waals surface area contributed by atoms with E-state index in [4.69, 9.17) is 0 Å². The van der Waals surface area contributed by atoms with E-state index in [1.165, 1.54) is 10.7 Å². The number of hydrogen-bond acceptors (Lipinski definition) is 3. The molecule has 0 unspecified atom stereocenters. The van der Waals surface area contributed by atoms with Gasteiger partial charge in [0.1, 0.15) is 6.54 Å². The Morgan fingerprint density at radius 3 is 2.58 bits per heavy atom. The number of ketones is 1. The molecule has 1 heterocycles. The van der Waals surface area contributed by atoms with Gasteiger partial charge >= 0.3 is 0 Å². The summed E-state index contributed by atoms with van der Waals surface area (Å²) in [6.45, 7) is 5.64. The second kappa shape index (κ2) is 5.18. The van der Waals surface area contributed by atoms with Crippen molar-refractivity contribution in [3.8, 4) is 0 Å². The molecule has 4 nitrogen and oxygen atoms in total. The van der Waals surface area contributed by atoms with Gasteiger partial charge in [-0.1, -0.05) is 23.8 Å². The van der Waals surface area contributed by atoms with Crippen molar-refractivity contribution in [1.82, 2.24) is 9.78 Å². The van der Waals surface area contributed by atoms with Gasteiger partial charge in [0.05, 0.1) is 5.69 Å². The van der Waals surface area contributed by atoms with Crippen molar-refractivity contribution in [3.63, 3.8) is 0 Å². The standard InChI is InChI=1S/C15H16N2O2/c1-10-4-6-13(11(2)8-10)14(18)9-17-15(19)7-5-12(3)16-17/h4-8H,9H2,1-3H3. The third-order valence-corrected chi connectivity index (χ3v) is 2.98. The maximum atomic E-state index is 12.2. The molecule has 1 aromatic heterocycles.